The van der Waals surface area contributed by atoms with Crippen molar-refractivity contribution in [2.75, 3.05) is 18.2 Å². The zero-order valence-corrected chi connectivity index (χ0v) is 15.0. The maximum atomic E-state index is 12.0. The molecule has 0 aliphatic heterocycles. The summed E-state index contributed by atoms with van der Waals surface area (Å²) in [7, 11) is 1.60. The molecule has 0 fully saturated rings. The van der Waals surface area contributed by atoms with Gasteiger partial charge in [0.05, 0.1) is 12.9 Å². The van der Waals surface area contributed by atoms with E-state index in [9.17, 15) is 4.79 Å². The second-order valence-electron chi connectivity index (χ2n) is 5.31. The molecule has 132 valence electrons. The third-order valence-corrected chi connectivity index (χ3v) is 4.27. The average Bonchev–Trinajstić information content (AvgIpc) is 3.14. The summed E-state index contributed by atoms with van der Waals surface area (Å²) in [6, 6.07) is 17.1. The van der Waals surface area contributed by atoms with E-state index in [4.69, 9.17) is 4.74 Å². The van der Waals surface area contributed by atoms with E-state index in [1.165, 1.54) is 11.8 Å². The van der Waals surface area contributed by atoms with Crippen molar-refractivity contribution < 1.29 is 9.53 Å². The summed E-state index contributed by atoms with van der Waals surface area (Å²) in [5, 5.41) is 10.3. The average molecular weight is 366 g/mol. The largest absolute Gasteiger partial charge is 0.497 e. The van der Waals surface area contributed by atoms with Crippen molar-refractivity contribution in [3.63, 3.8) is 0 Å². The molecule has 0 atom stereocenters. The van der Waals surface area contributed by atoms with E-state index in [1.54, 1.807) is 31.4 Å². The third-order valence-electron chi connectivity index (χ3n) is 3.42. The van der Waals surface area contributed by atoms with Gasteiger partial charge in [0, 0.05) is 5.69 Å². The van der Waals surface area contributed by atoms with Gasteiger partial charge in [0.2, 0.25) is 11.1 Å². The SMILES string of the molecule is COc1ccc(NC(=O)CSc2n[nH]c(/C=C/c3ccccc3)n2)cc1. The molecule has 2 N–H and O–H groups in total. The highest BCUT2D eigenvalue weighted by molar-refractivity contribution is 7.99. The number of thioether (sulfide) groups is 1. The molecule has 1 amide bonds. The highest BCUT2D eigenvalue weighted by Crippen LogP contribution is 2.17. The molecule has 2 aromatic carbocycles. The Hall–Kier alpha value is -3.06. The Bertz CT molecular complexity index is 876. The van der Waals surface area contributed by atoms with Crippen LogP contribution in [0.3, 0.4) is 0 Å². The summed E-state index contributed by atoms with van der Waals surface area (Å²) >= 11 is 1.27. The van der Waals surface area contributed by atoms with Gasteiger partial charge in [-0.25, -0.2) is 4.98 Å². The predicted octanol–water partition coefficient (Wildman–Crippen LogP) is 3.71. The van der Waals surface area contributed by atoms with Gasteiger partial charge in [0.15, 0.2) is 0 Å². The Labute approximate surface area is 155 Å². The molecule has 0 bridgehead atoms. The van der Waals surface area contributed by atoms with Gasteiger partial charge in [-0.2, -0.15) is 0 Å². The molecule has 7 heteroatoms. The number of methoxy groups -OCH3 is 1. The van der Waals surface area contributed by atoms with E-state index >= 15 is 0 Å². The lowest BCUT2D eigenvalue weighted by atomic mass is 10.2. The summed E-state index contributed by atoms with van der Waals surface area (Å²) in [6.45, 7) is 0. The normalized spacial score (nSPS) is 10.8. The van der Waals surface area contributed by atoms with Crippen LogP contribution in [0.2, 0.25) is 0 Å². The Morgan fingerprint density at radius 3 is 2.65 bits per heavy atom. The Morgan fingerprint density at radius 2 is 1.92 bits per heavy atom. The van der Waals surface area contributed by atoms with Gasteiger partial charge in [-0.1, -0.05) is 48.2 Å². The van der Waals surface area contributed by atoms with Crippen LogP contribution in [-0.4, -0.2) is 34.0 Å². The highest BCUT2D eigenvalue weighted by atomic mass is 32.2. The van der Waals surface area contributed by atoms with Gasteiger partial charge < -0.3 is 10.1 Å². The van der Waals surface area contributed by atoms with E-state index in [0.29, 0.717) is 11.0 Å². The highest BCUT2D eigenvalue weighted by Gasteiger charge is 2.07. The fourth-order valence-electron chi connectivity index (χ4n) is 2.14. The Kier molecular flexibility index (Phi) is 6.05. The van der Waals surface area contributed by atoms with Crippen LogP contribution in [-0.2, 0) is 4.79 Å². The number of amides is 1. The van der Waals surface area contributed by atoms with Gasteiger partial charge in [-0.05, 0) is 35.9 Å². The minimum Gasteiger partial charge on any atom is -0.497 e. The van der Waals surface area contributed by atoms with Gasteiger partial charge in [-0.15, -0.1) is 5.10 Å². The molecule has 0 aliphatic carbocycles. The molecule has 0 saturated carbocycles. The number of H-pyrrole nitrogens is 1. The predicted molar refractivity (Wildman–Crippen MR) is 104 cm³/mol. The van der Waals surface area contributed by atoms with Crippen molar-refractivity contribution in [3.05, 3.63) is 66.0 Å². The standard InChI is InChI=1S/C19H18N4O2S/c1-25-16-10-8-15(9-11-16)20-18(24)13-26-19-21-17(22-23-19)12-7-14-5-3-2-4-6-14/h2-12H,13H2,1H3,(H,20,24)(H,21,22,23)/b12-7+. The first-order chi connectivity index (χ1) is 12.7. The monoisotopic (exact) mass is 366 g/mol. The molecule has 26 heavy (non-hydrogen) atoms. The summed E-state index contributed by atoms with van der Waals surface area (Å²) in [5.41, 5.74) is 1.80. The number of carbonyl (C=O) groups excluding carboxylic acids is 1. The molecule has 3 aromatic rings. The number of anilines is 1. The summed E-state index contributed by atoms with van der Waals surface area (Å²) < 4.78 is 5.09. The molecule has 1 heterocycles. The van der Waals surface area contributed by atoms with E-state index in [-0.39, 0.29) is 11.7 Å². The van der Waals surface area contributed by atoms with Crippen LogP contribution in [0.25, 0.3) is 12.2 Å². The number of nitrogens with one attached hydrogen (secondary N) is 2. The minimum absolute atomic E-state index is 0.119. The van der Waals surface area contributed by atoms with Crippen LogP contribution in [0.15, 0.2) is 59.8 Å². The molecule has 0 spiro atoms. The second-order valence-corrected chi connectivity index (χ2v) is 6.26. The maximum Gasteiger partial charge on any atom is 0.234 e. The number of rotatable bonds is 7. The number of carbonyl (C=O) groups is 1. The molecule has 0 saturated heterocycles. The van der Waals surface area contributed by atoms with Crippen molar-refractivity contribution in [3.8, 4) is 5.75 Å². The molecule has 0 unspecified atom stereocenters. The molecular formula is C19H18N4O2S. The van der Waals surface area contributed by atoms with Crippen molar-refractivity contribution in [2.45, 2.75) is 5.16 Å². The first-order valence-corrected chi connectivity index (χ1v) is 8.94. The number of aromatic amines is 1. The lowest BCUT2D eigenvalue weighted by Crippen LogP contribution is -2.14. The minimum atomic E-state index is -0.119. The van der Waals surface area contributed by atoms with Crippen LogP contribution in [0.4, 0.5) is 5.69 Å². The van der Waals surface area contributed by atoms with Crippen LogP contribution in [0, 0.1) is 0 Å². The second kappa shape index (κ2) is 8.87. The van der Waals surface area contributed by atoms with E-state index < -0.39 is 0 Å². The van der Waals surface area contributed by atoms with Crippen molar-refractivity contribution >= 4 is 35.5 Å². The quantitative estimate of drug-likeness (QED) is 0.623. The summed E-state index contributed by atoms with van der Waals surface area (Å²) in [5.74, 6) is 1.50. The van der Waals surface area contributed by atoms with E-state index in [0.717, 1.165) is 17.0 Å². The first-order valence-electron chi connectivity index (χ1n) is 7.95. The van der Waals surface area contributed by atoms with Crippen LogP contribution < -0.4 is 10.1 Å². The van der Waals surface area contributed by atoms with Gasteiger partial charge in [-0.3, -0.25) is 9.89 Å². The maximum absolute atomic E-state index is 12.0. The number of nitrogens with zero attached hydrogens (tertiary/aromatic N) is 2. The lowest BCUT2D eigenvalue weighted by Gasteiger charge is -2.05. The van der Waals surface area contributed by atoms with E-state index in [2.05, 4.69) is 20.5 Å². The van der Waals surface area contributed by atoms with Crippen molar-refractivity contribution in [1.29, 1.82) is 0 Å². The van der Waals surface area contributed by atoms with Gasteiger partial charge in [0.25, 0.3) is 0 Å². The number of hydrogen-bond acceptors (Lipinski definition) is 5. The van der Waals surface area contributed by atoms with Gasteiger partial charge in [0.1, 0.15) is 11.6 Å². The molecule has 3 rings (SSSR count). The molecule has 1 aromatic heterocycles. The smallest absolute Gasteiger partial charge is 0.234 e. The first kappa shape index (κ1) is 17.8. The zero-order chi connectivity index (χ0) is 18.2. The number of hydrogen-bond donors (Lipinski definition) is 2. The van der Waals surface area contributed by atoms with Crippen molar-refractivity contribution in [1.82, 2.24) is 15.2 Å². The Morgan fingerprint density at radius 1 is 1.15 bits per heavy atom. The number of benzene rings is 2. The molecule has 0 aliphatic rings. The number of aromatic nitrogens is 3. The van der Waals surface area contributed by atoms with Crippen LogP contribution >= 0.6 is 11.8 Å². The van der Waals surface area contributed by atoms with Gasteiger partial charge >= 0.3 is 0 Å². The van der Waals surface area contributed by atoms with Crippen LogP contribution in [0.1, 0.15) is 11.4 Å². The molecular weight excluding hydrogens is 348 g/mol. The van der Waals surface area contributed by atoms with E-state index in [1.807, 2.05) is 42.5 Å². The number of ether oxygens (including phenoxy) is 1. The lowest BCUT2D eigenvalue weighted by molar-refractivity contribution is -0.113. The molecule has 0 radical (unpaired) electrons. The van der Waals surface area contributed by atoms with Crippen molar-refractivity contribution in [2.24, 2.45) is 0 Å². The fraction of sp³-hybridized carbons (Fsp3) is 0.105. The topological polar surface area (TPSA) is 79.9 Å². The third kappa shape index (κ3) is 5.22. The molecule has 6 nitrogen and oxygen atoms in total. The zero-order valence-electron chi connectivity index (χ0n) is 14.2. The summed E-state index contributed by atoms with van der Waals surface area (Å²) in [4.78, 5) is 16.4. The summed E-state index contributed by atoms with van der Waals surface area (Å²) in [6.07, 6.45) is 3.80. The van der Waals surface area contributed by atoms with Crippen LogP contribution in [0.5, 0.6) is 5.75 Å². The Balaban J connectivity index is 1.49. The fourth-order valence-corrected chi connectivity index (χ4v) is 2.74.